The van der Waals surface area contributed by atoms with Crippen molar-refractivity contribution in [1.29, 1.82) is 0 Å². The van der Waals surface area contributed by atoms with E-state index in [1.54, 1.807) is 11.3 Å². The molecule has 0 saturated carbocycles. The molecule has 2 rings (SSSR count). The van der Waals surface area contributed by atoms with Gasteiger partial charge in [-0.05, 0) is 48.7 Å². The van der Waals surface area contributed by atoms with Crippen LogP contribution in [0.4, 0.5) is 0 Å². The maximum Gasteiger partial charge on any atom is 0.224 e. The standard InChI is InChI=1S/C12H18N2OS/c1-9-11(3-6-13-9)12(15)14-5-2-10-4-7-16-8-10/h4,7-9,11,13H,2-3,5-6H2,1H3,(H,14,15). The minimum atomic E-state index is 0.155. The molecule has 1 aliphatic heterocycles. The van der Waals surface area contributed by atoms with Crippen LogP contribution in [0.15, 0.2) is 16.8 Å². The van der Waals surface area contributed by atoms with E-state index in [2.05, 4.69) is 34.4 Å². The highest BCUT2D eigenvalue weighted by Gasteiger charge is 2.28. The molecule has 88 valence electrons. The number of hydrogen-bond donors (Lipinski definition) is 2. The summed E-state index contributed by atoms with van der Waals surface area (Å²) in [5.74, 6) is 0.357. The Balaban J connectivity index is 1.71. The molecule has 2 unspecified atom stereocenters. The van der Waals surface area contributed by atoms with E-state index in [0.717, 1.165) is 25.9 Å². The molecular weight excluding hydrogens is 220 g/mol. The molecule has 1 aliphatic rings. The zero-order valence-corrected chi connectivity index (χ0v) is 10.3. The van der Waals surface area contributed by atoms with Crippen molar-refractivity contribution < 1.29 is 4.79 Å². The van der Waals surface area contributed by atoms with Crippen LogP contribution < -0.4 is 10.6 Å². The molecule has 2 atom stereocenters. The van der Waals surface area contributed by atoms with E-state index in [0.29, 0.717) is 6.04 Å². The second kappa shape index (κ2) is 5.46. The van der Waals surface area contributed by atoms with E-state index in [9.17, 15) is 4.79 Å². The lowest BCUT2D eigenvalue weighted by molar-refractivity contribution is -0.125. The van der Waals surface area contributed by atoms with Crippen molar-refractivity contribution in [2.75, 3.05) is 13.1 Å². The summed E-state index contributed by atoms with van der Waals surface area (Å²) in [5.41, 5.74) is 1.31. The monoisotopic (exact) mass is 238 g/mol. The van der Waals surface area contributed by atoms with Gasteiger partial charge in [0.2, 0.25) is 5.91 Å². The number of amides is 1. The zero-order chi connectivity index (χ0) is 11.4. The van der Waals surface area contributed by atoms with Crippen LogP contribution in [0.3, 0.4) is 0 Å². The van der Waals surface area contributed by atoms with Gasteiger partial charge >= 0.3 is 0 Å². The van der Waals surface area contributed by atoms with E-state index >= 15 is 0 Å². The predicted molar refractivity (Wildman–Crippen MR) is 66.6 cm³/mol. The van der Waals surface area contributed by atoms with Crippen LogP contribution in [0.2, 0.25) is 0 Å². The maximum atomic E-state index is 11.8. The molecule has 0 spiro atoms. The Morgan fingerprint density at radius 2 is 2.56 bits per heavy atom. The van der Waals surface area contributed by atoms with Gasteiger partial charge in [-0.1, -0.05) is 0 Å². The van der Waals surface area contributed by atoms with Crippen molar-refractivity contribution >= 4 is 17.2 Å². The first kappa shape index (κ1) is 11.6. The van der Waals surface area contributed by atoms with E-state index in [1.165, 1.54) is 5.56 Å². The molecule has 1 aromatic heterocycles. The molecule has 2 N–H and O–H groups in total. The van der Waals surface area contributed by atoms with Gasteiger partial charge in [0.05, 0.1) is 5.92 Å². The van der Waals surface area contributed by atoms with Gasteiger partial charge in [-0.3, -0.25) is 4.79 Å². The molecule has 16 heavy (non-hydrogen) atoms. The number of carbonyl (C=O) groups is 1. The van der Waals surface area contributed by atoms with Crippen LogP contribution in [0.25, 0.3) is 0 Å². The highest BCUT2D eigenvalue weighted by Crippen LogP contribution is 2.14. The minimum absolute atomic E-state index is 0.155. The van der Waals surface area contributed by atoms with E-state index in [-0.39, 0.29) is 11.8 Å². The second-order valence-electron chi connectivity index (χ2n) is 4.31. The number of thiophene rings is 1. The average molecular weight is 238 g/mol. The fourth-order valence-electron chi connectivity index (χ4n) is 2.11. The van der Waals surface area contributed by atoms with Crippen molar-refractivity contribution in [3.8, 4) is 0 Å². The third-order valence-electron chi connectivity index (χ3n) is 3.15. The van der Waals surface area contributed by atoms with Gasteiger partial charge in [0.25, 0.3) is 0 Å². The fraction of sp³-hybridized carbons (Fsp3) is 0.583. The Morgan fingerprint density at radius 1 is 1.69 bits per heavy atom. The van der Waals surface area contributed by atoms with Gasteiger partial charge in [0.1, 0.15) is 0 Å². The molecule has 2 heterocycles. The molecular formula is C12H18N2OS. The number of rotatable bonds is 4. The molecule has 1 amide bonds. The van der Waals surface area contributed by atoms with Crippen LogP contribution in [0.1, 0.15) is 18.9 Å². The third kappa shape index (κ3) is 2.83. The molecule has 0 bridgehead atoms. The maximum absolute atomic E-state index is 11.8. The van der Waals surface area contributed by atoms with Crippen molar-refractivity contribution in [3.63, 3.8) is 0 Å². The van der Waals surface area contributed by atoms with E-state index < -0.39 is 0 Å². The van der Waals surface area contributed by atoms with Crippen LogP contribution in [-0.2, 0) is 11.2 Å². The summed E-state index contributed by atoms with van der Waals surface area (Å²) in [6, 6.07) is 2.43. The summed E-state index contributed by atoms with van der Waals surface area (Å²) in [6.07, 6.45) is 1.90. The number of nitrogens with one attached hydrogen (secondary N) is 2. The zero-order valence-electron chi connectivity index (χ0n) is 9.53. The van der Waals surface area contributed by atoms with Crippen LogP contribution in [-0.4, -0.2) is 25.0 Å². The van der Waals surface area contributed by atoms with Crippen molar-refractivity contribution in [2.45, 2.75) is 25.8 Å². The predicted octanol–water partition coefficient (Wildman–Crippen LogP) is 1.40. The van der Waals surface area contributed by atoms with Crippen LogP contribution >= 0.6 is 11.3 Å². The summed E-state index contributed by atoms with van der Waals surface area (Å²) in [4.78, 5) is 11.8. The summed E-state index contributed by atoms with van der Waals surface area (Å²) in [6.45, 7) is 3.79. The summed E-state index contributed by atoms with van der Waals surface area (Å²) < 4.78 is 0. The van der Waals surface area contributed by atoms with Gasteiger partial charge < -0.3 is 10.6 Å². The summed E-state index contributed by atoms with van der Waals surface area (Å²) in [7, 11) is 0. The van der Waals surface area contributed by atoms with E-state index in [4.69, 9.17) is 0 Å². The summed E-state index contributed by atoms with van der Waals surface area (Å²) >= 11 is 1.70. The molecule has 0 aliphatic carbocycles. The minimum Gasteiger partial charge on any atom is -0.355 e. The number of hydrogen-bond acceptors (Lipinski definition) is 3. The molecule has 0 radical (unpaired) electrons. The molecule has 3 nitrogen and oxygen atoms in total. The van der Waals surface area contributed by atoms with Gasteiger partial charge in [-0.2, -0.15) is 11.3 Å². The lowest BCUT2D eigenvalue weighted by Crippen LogP contribution is -2.37. The van der Waals surface area contributed by atoms with Crippen LogP contribution in [0, 0.1) is 5.92 Å². The molecule has 0 aromatic carbocycles. The normalized spacial score (nSPS) is 24.6. The molecule has 4 heteroatoms. The van der Waals surface area contributed by atoms with Gasteiger partial charge in [-0.25, -0.2) is 0 Å². The fourth-order valence-corrected chi connectivity index (χ4v) is 2.82. The van der Waals surface area contributed by atoms with Crippen molar-refractivity contribution in [1.82, 2.24) is 10.6 Å². The highest BCUT2D eigenvalue weighted by atomic mass is 32.1. The van der Waals surface area contributed by atoms with Crippen LogP contribution in [0.5, 0.6) is 0 Å². The quantitative estimate of drug-likeness (QED) is 0.832. The Kier molecular flexibility index (Phi) is 3.96. The summed E-state index contributed by atoms with van der Waals surface area (Å²) in [5, 5.41) is 10.5. The van der Waals surface area contributed by atoms with Gasteiger partial charge in [-0.15, -0.1) is 0 Å². The first-order chi connectivity index (χ1) is 7.77. The average Bonchev–Trinajstić information content (AvgIpc) is 2.88. The topological polar surface area (TPSA) is 41.1 Å². The Morgan fingerprint density at radius 3 is 3.19 bits per heavy atom. The Labute approximate surface area is 100 Å². The van der Waals surface area contributed by atoms with Crippen molar-refractivity contribution in [2.24, 2.45) is 5.92 Å². The largest absolute Gasteiger partial charge is 0.355 e. The third-order valence-corrected chi connectivity index (χ3v) is 3.89. The molecule has 1 fully saturated rings. The highest BCUT2D eigenvalue weighted by molar-refractivity contribution is 7.07. The Bertz CT molecular complexity index is 337. The molecule has 1 saturated heterocycles. The number of carbonyl (C=O) groups excluding carboxylic acids is 1. The van der Waals surface area contributed by atoms with Gasteiger partial charge in [0.15, 0.2) is 0 Å². The first-order valence-corrected chi connectivity index (χ1v) is 6.74. The SMILES string of the molecule is CC1NCCC1C(=O)NCCc1ccsc1. The van der Waals surface area contributed by atoms with Crippen molar-refractivity contribution in [3.05, 3.63) is 22.4 Å². The smallest absolute Gasteiger partial charge is 0.224 e. The van der Waals surface area contributed by atoms with Gasteiger partial charge in [0, 0.05) is 12.6 Å². The second-order valence-corrected chi connectivity index (χ2v) is 5.09. The Hall–Kier alpha value is -0.870. The lowest BCUT2D eigenvalue weighted by atomic mass is 10.0. The molecule has 1 aromatic rings. The lowest BCUT2D eigenvalue weighted by Gasteiger charge is -2.14. The first-order valence-electron chi connectivity index (χ1n) is 5.79. The van der Waals surface area contributed by atoms with E-state index in [1.807, 2.05) is 0 Å².